The molecule has 1 aliphatic carbocycles. The number of benzene rings is 3. The van der Waals surface area contributed by atoms with Crippen molar-refractivity contribution < 1.29 is 23.0 Å². The smallest absolute Gasteiger partial charge is 0.235 e. The zero-order valence-electron chi connectivity index (χ0n) is 16.9. The first-order valence-corrected chi connectivity index (χ1v) is 11.1. The first kappa shape index (κ1) is 19.8. The molecule has 6 nitrogen and oxygen atoms in total. The van der Waals surface area contributed by atoms with Crippen molar-refractivity contribution in [2.75, 3.05) is 12.1 Å². The number of rotatable bonds is 5. The fourth-order valence-corrected chi connectivity index (χ4v) is 4.35. The van der Waals surface area contributed by atoms with Crippen molar-refractivity contribution in [3.05, 3.63) is 71.8 Å². The van der Waals surface area contributed by atoms with Crippen LogP contribution in [0.15, 0.2) is 65.6 Å². The zero-order chi connectivity index (χ0) is 21.6. The Kier molecular flexibility index (Phi) is 4.79. The summed E-state index contributed by atoms with van der Waals surface area (Å²) in [6.45, 7) is 2.20. The summed E-state index contributed by atoms with van der Waals surface area (Å²) in [5.41, 5.74) is 4.04. The van der Waals surface area contributed by atoms with E-state index in [1.165, 1.54) is 0 Å². The fraction of sp³-hybridized carbons (Fsp3) is 0.208. The molecule has 5 rings (SSSR count). The van der Waals surface area contributed by atoms with Gasteiger partial charge in [0.1, 0.15) is 0 Å². The van der Waals surface area contributed by atoms with Crippen LogP contribution in [0.4, 0.5) is 5.69 Å². The van der Waals surface area contributed by atoms with Gasteiger partial charge in [-0.05, 0) is 78.4 Å². The van der Waals surface area contributed by atoms with Gasteiger partial charge in [0.2, 0.25) is 12.7 Å². The van der Waals surface area contributed by atoms with E-state index in [-0.39, 0.29) is 12.7 Å². The van der Waals surface area contributed by atoms with E-state index in [4.69, 9.17) is 9.47 Å². The normalized spacial score (nSPS) is 16.6. The zero-order valence-corrected chi connectivity index (χ0v) is 17.7. The molecule has 3 aromatic rings. The van der Waals surface area contributed by atoms with Gasteiger partial charge in [0.05, 0.1) is 10.3 Å². The number of ether oxygens (including phenoxy) is 2. The molecule has 31 heavy (non-hydrogen) atoms. The highest BCUT2D eigenvalue weighted by molar-refractivity contribution is 7.79. The molecule has 7 heteroatoms. The first-order valence-electron chi connectivity index (χ1n) is 10.00. The number of carbonyl (C=O) groups excluding carboxylic acids is 1. The van der Waals surface area contributed by atoms with E-state index in [0.29, 0.717) is 22.1 Å². The van der Waals surface area contributed by atoms with Crippen molar-refractivity contribution in [3.63, 3.8) is 0 Å². The third kappa shape index (κ3) is 3.60. The van der Waals surface area contributed by atoms with E-state index in [1.807, 2.05) is 55.5 Å². The summed E-state index contributed by atoms with van der Waals surface area (Å²) in [5.74, 6) is 1.35. The molecule has 3 aromatic carbocycles. The van der Waals surface area contributed by atoms with E-state index >= 15 is 0 Å². The molecule has 2 N–H and O–H groups in total. The Hall–Kier alpha value is -3.16. The topological polar surface area (TPSA) is 84.9 Å². The number of hydrogen-bond donors (Lipinski definition) is 2. The van der Waals surface area contributed by atoms with Crippen LogP contribution in [0.25, 0.3) is 11.1 Å². The fourth-order valence-electron chi connectivity index (χ4n) is 3.98. The van der Waals surface area contributed by atoms with Gasteiger partial charge in [-0.15, -0.1) is 0 Å². The number of fused-ring (bicyclic) bond motifs is 1. The lowest BCUT2D eigenvalue weighted by atomic mass is 9.94. The van der Waals surface area contributed by atoms with Crippen molar-refractivity contribution in [2.24, 2.45) is 0 Å². The quantitative estimate of drug-likeness (QED) is 0.570. The summed E-state index contributed by atoms with van der Waals surface area (Å²) >= 11 is -2.01. The molecule has 158 valence electrons. The number of nitrogens with one attached hydrogen (secondary N) is 1. The van der Waals surface area contributed by atoms with Gasteiger partial charge < -0.3 is 19.3 Å². The Morgan fingerprint density at radius 3 is 2.45 bits per heavy atom. The van der Waals surface area contributed by atoms with Crippen molar-refractivity contribution in [3.8, 4) is 22.6 Å². The summed E-state index contributed by atoms with van der Waals surface area (Å²) in [5, 5.41) is 3.08. The summed E-state index contributed by atoms with van der Waals surface area (Å²) in [6, 6.07) is 18.4. The summed E-state index contributed by atoms with van der Waals surface area (Å²) < 4.78 is 31.3. The molecule has 0 saturated heterocycles. The van der Waals surface area contributed by atoms with Gasteiger partial charge in [-0.25, -0.2) is 4.21 Å². The second-order valence-corrected chi connectivity index (χ2v) is 8.88. The van der Waals surface area contributed by atoms with Gasteiger partial charge in [-0.1, -0.05) is 24.3 Å². The summed E-state index contributed by atoms with van der Waals surface area (Å²) in [7, 11) is 0. The van der Waals surface area contributed by atoms with Crippen LogP contribution < -0.4 is 14.8 Å². The Balaban J connectivity index is 1.39. The van der Waals surface area contributed by atoms with Gasteiger partial charge in [0.25, 0.3) is 0 Å². The van der Waals surface area contributed by atoms with Crippen LogP contribution in [0.1, 0.15) is 24.0 Å². The number of carbonyl (C=O) groups is 1. The first-order chi connectivity index (χ1) is 15.0. The molecular formula is C24H21NO5S. The number of hydrogen-bond acceptors (Lipinski definition) is 4. The SMILES string of the molecule is Cc1ccc(NC(=O)C2(c3ccc4c(c3)OCO4)CC2)cc1-c1ccc(S(=O)O)cc1. The lowest BCUT2D eigenvalue weighted by Crippen LogP contribution is -2.27. The average Bonchev–Trinajstić information content (AvgIpc) is 3.46. The summed E-state index contributed by atoms with van der Waals surface area (Å²) in [4.78, 5) is 13.6. The highest BCUT2D eigenvalue weighted by atomic mass is 32.2. The maximum Gasteiger partial charge on any atom is 0.235 e. The average molecular weight is 436 g/mol. The molecule has 1 unspecified atom stereocenters. The third-order valence-corrected chi connectivity index (χ3v) is 6.65. The van der Waals surface area contributed by atoms with Crippen LogP contribution in [0.5, 0.6) is 11.5 Å². The van der Waals surface area contributed by atoms with E-state index in [0.717, 1.165) is 35.1 Å². The lowest BCUT2D eigenvalue weighted by molar-refractivity contribution is -0.118. The van der Waals surface area contributed by atoms with E-state index in [2.05, 4.69) is 5.32 Å². The van der Waals surface area contributed by atoms with E-state index in [9.17, 15) is 13.6 Å². The molecule has 1 aliphatic heterocycles. The van der Waals surface area contributed by atoms with E-state index in [1.54, 1.807) is 12.1 Å². The van der Waals surface area contributed by atoms with Crippen molar-refractivity contribution in [2.45, 2.75) is 30.1 Å². The largest absolute Gasteiger partial charge is 0.454 e. The van der Waals surface area contributed by atoms with Gasteiger partial charge >= 0.3 is 0 Å². The molecule has 0 bridgehead atoms. The molecule has 1 atom stereocenters. The van der Waals surface area contributed by atoms with Gasteiger partial charge in [-0.2, -0.15) is 0 Å². The van der Waals surface area contributed by atoms with Crippen LogP contribution in [0.2, 0.25) is 0 Å². The Morgan fingerprint density at radius 2 is 1.74 bits per heavy atom. The predicted octanol–water partition coefficient (Wildman–Crippen LogP) is 4.64. The second kappa shape index (κ2) is 7.51. The standard InChI is InChI=1S/C24H21NO5S/c1-15-2-6-18(13-20(15)16-3-7-19(8-4-16)31(27)28)25-23(26)24(10-11-24)17-5-9-21-22(12-17)30-14-29-21/h2-9,12-13H,10-11,14H2,1H3,(H,25,26)(H,27,28). The molecule has 1 saturated carbocycles. The van der Waals surface area contributed by atoms with E-state index < -0.39 is 16.5 Å². The molecule has 0 aromatic heterocycles. The Labute approximate surface area is 182 Å². The minimum absolute atomic E-state index is 0.0350. The Bertz CT molecular complexity index is 1200. The number of aryl methyl sites for hydroxylation is 1. The molecule has 1 amide bonds. The van der Waals surface area contributed by atoms with Crippen LogP contribution in [-0.4, -0.2) is 21.5 Å². The number of anilines is 1. The molecule has 1 fully saturated rings. The molecule has 0 radical (unpaired) electrons. The lowest BCUT2D eigenvalue weighted by Gasteiger charge is -2.17. The minimum Gasteiger partial charge on any atom is -0.454 e. The van der Waals surface area contributed by atoms with Crippen LogP contribution >= 0.6 is 0 Å². The van der Waals surface area contributed by atoms with Gasteiger partial charge in [0, 0.05) is 5.69 Å². The monoisotopic (exact) mass is 435 g/mol. The minimum atomic E-state index is -2.01. The Morgan fingerprint density at radius 1 is 1.00 bits per heavy atom. The predicted molar refractivity (Wildman–Crippen MR) is 118 cm³/mol. The maximum absolute atomic E-state index is 13.2. The van der Waals surface area contributed by atoms with Crippen LogP contribution in [0, 0.1) is 6.92 Å². The van der Waals surface area contributed by atoms with Crippen molar-refractivity contribution in [1.82, 2.24) is 0 Å². The van der Waals surface area contributed by atoms with Crippen molar-refractivity contribution >= 4 is 22.7 Å². The maximum atomic E-state index is 13.2. The highest BCUT2D eigenvalue weighted by Crippen LogP contribution is 2.51. The molecule has 2 aliphatic rings. The number of amides is 1. The third-order valence-electron chi connectivity index (χ3n) is 5.97. The van der Waals surface area contributed by atoms with Crippen LogP contribution in [0.3, 0.4) is 0 Å². The van der Waals surface area contributed by atoms with Gasteiger partial charge in [-0.3, -0.25) is 4.79 Å². The second-order valence-electron chi connectivity index (χ2n) is 7.91. The summed E-state index contributed by atoms with van der Waals surface area (Å²) in [6.07, 6.45) is 1.58. The van der Waals surface area contributed by atoms with Gasteiger partial charge in [0.15, 0.2) is 22.6 Å². The van der Waals surface area contributed by atoms with Crippen molar-refractivity contribution in [1.29, 1.82) is 0 Å². The van der Waals surface area contributed by atoms with Crippen LogP contribution in [-0.2, 0) is 21.3 Å². The highest BCUT2D eigenvalue weighted by Gasteiger charge is 2.51. The molecule has 0 spiro atoms. The molecular weight excluding hydrogens is 414 g/mol. The molecule has 1 heterocycles.